The number of carbonyl (C=O) groups excluding carboxylic acids is 2. The molecule has 35 heavy (non-hydrogen) atoms. The van der Waals surface area contributed by atoms with Crippen LogP contribution in [0.15, 0.2) is 54.8 Å². The van der Waals surface area contributed by atoms with E-state index >= 15 is 0 Å². The summed E-state index contributed by atoms with van der Waals surface area (Å²) in [4.78, 5) is 31.2. The summed E-state index contributed by atoms with van der Waals surface area (Å²) in [5, 5.41) is 23.8. The lowest BCUT2D eigenvalue weighted by atomic mass is 9.37. The average Bonchev–Trinajstić information content (AvgIpc) is 2.94. The molecule has 8 atom stereocenters. The van der Waals surface area contributed by atoms with Gasteiger partial charge in [0.1, 0.15) is 17.6 Å². The summed E-state index contributed by atoms with van der Waals surface area (Å²) in [6.45, 7) is 8.43. The van der Waals surface area contributed by atoms with Gasteiger partial charge in [0.2, 0.25) is 5.79 Å². The van der Waals surface area contributed by atoms with E-state index in [0.717, 1.165) is 6.42 Å². The summed E-state index contributed by atoms with van der Waals surface area (Å²) < 4.78 is 12.0. The van der Waals surface area contributed by atoms with E-state index in [4.69, 9.17) is 9.47 Å². The summed E-state index contributed by atoms with van der Waals surface area (Å²) >= 11 is 0. The zero-order valence-corrected chi connectivity index (χ0v) is 20.0. The average molecular weight is 478 g/mol. The van der Waals surface area contributed by atoms with Crippen LogP contribution in [0.2, 0.25) is 0 Å². The molecule has 2 saturated heterocycles. The number of ketones is 1. The van der Waals surface area contributed by atoms with Crippen LogP contribution in [-0.4, -0.2) is 51.6 Å². The van der Waals surface area contributed by atoms with E-state index in [2.05, 4.69) is 37.6 Å². The molecule has 3 saturated carbocycles. The third-order valence-corrected chi connectivity index (χ3v) is 9.56. The molecule has 1 aromatic heterocycles. The zero-order chi connectivity index (χ0) is 24.8. The fourth-order valence-electron chi connectivity index (χ4n) is 8.34. The van der Waals surface area contributed by atoms with Gasteiger partial charge in [-0.25, -0.2) is 4.79 Å². The highest BCUT2D eigenvalue weighted by Gasteiger charge is 2.86. The van der Waals surface area contributed by atoms with Crippen molar-refractivity contribution >= 4 is 17.8 Å². The van der Waals surface area contributed by atoms with Gasteiger partial charge < -0.3 is 19.7 Å². The number of aliphatic hydroxyl groups excluding tert-OH is 1. The Balaban J connectivity index is 1.45. The number of nitrogens with zero attached hydrogens (tertiary/aromatic N) is 1. The van der Waals surface area contributed by atoms with E-state index in [1.165, 1.54) is 6.08 Å². The molecule has 1 aromatic rings. The molecule has 7 nitrogen and oxygen atoms in total. The maximum absolute atomic E-state index is 14.0. The van der Waals surface area contributed by atoms with Crippen molar-refractivity contribution in [2.75, 3.05) is 6.61 Å². The molecule has 6 aliphatic rings. The summed E-state index contributed by atoms with van der Waals surface area (Å²) in [5.41, 5.74) is -1.62. The first-order chi connectivity index (χ1) is 16.6. The smallest absolute Gasteiger partial charge is 0.331 e. The second-order valence-corrected chi connectivity index (χ2v) is 11.5. The Labute approximate surface area is 204 Å². The maximum atomic E-state index is 14.0. The van der Waals surface area contributed by atoms with Gasteiger partial charge in [0.25, 0.3) is 0 Å². The Kier molecular flexibility index (Phi) is 4.71. The van der Waals surface area contributed by atoms with Crippen molar-refractivity contribution in [1.82, 2.24) is 4.98 Å². The molecule has 5 fully saturated rings. The van der Waals surface area contributed by atoms with Crippen molar-refractivity contribution in [2.45, 2.75) is 51.1 Å². The summed E-state index contributed by atoms with van der Waals surface area (Å²) in [6, 6.07) is 5.36. The molecular formula is C28H31NO6. The van der Waals surface area contributed by atoms with Crippen molar-refractivity contribution in [3.05, 3.63) is 60.5 Å². The second kappa shape index (κ2) is 7.21. The van der Waals surface area contributed by atoms with Crippen molar-refractivity contribution in [3.63, 3.8) is 0 Å². The standard InChI is InChI=1S/C28H31NO6/c1-16-18-9-10-19-26-13-6-12-25(2,3)21(26)23(32)28(33,34-15-26)27(19,22(16)31)24(18)35-20(30)11-8-17-7-4-5-14-29-17/h4-8,11,13-14,18-19,21,23-24,32-33H,1,9-10,12,15H2,2-3H3/b11-8+/t18-,19-,21+,23-,24+,26+,27-,28+/m0/s1. The predicted molar refractivity (Wildman–Crippen MR) is 126 cm³/mol. The fraction of sp³-hybridized carbons (Fsp3) is 0.536. The van der Waals surface area contributed by atoms with Crippen LogP contribution in [0.4, 0.5) is 0 Å². The third kappa shape index (κ3) is 2.64. The third-order valence-electron chi connectivity index (χ3n) is 9.56. The topological polar surface area (TPSA) is 106 Å². The Morgan fingerprint density at radius 2 is 2.11 bits per heavy atom. The maximum Gasteiger partial charge on any atom is 0.331 e. The van der Waals surface area contributed by atoms with Gasteiger partial charge in [-0.2, -0.15) is 0 Å². The molecule has 0 aromatic carbocycles. The van der Waals surface area contributed by atoms with Gasteiger partial charge in [0, 0.05) is 29.5 Å². The van der Waals surface area contributed by atoms with Crippen LogP contribution in [0.3, 0.4) is 0 Å². The lowest BCUT2D eigenvalue weighted by Gasteiger charge is -2.72. The molecule has 7 rings (SSSR count). The number of ether oxygens (including phenoxy) is 2. The largest absolute Gasteiger partial charge is 0.457 e. The summed E-state index contributed by atoms with van der Waals surface area (Å²) in [6.07, 6.45) is 8.39. The Morgan fingerprint density at radius 1 is 1.31 bits per heavy atom. The minimum atomic E-state index is -2.17. The lowest BCUT2D eigenvalue weighted by molar-refractivity contribution is -0.436. The van der Waals surface area contributed by atoms with Crippen LogP contribution in [0, 0.1) is 34.0 Å². The SMILES string of the molecule is C=C1C(=O)[C@]23[C@H](OC(=O)/C=C/c4ccccn4)[C@H]1CC[C@H]2[C@]12C=CCC(C)(C)[C@H]1[C@H](O)[C@@]3(O)OC2. The summed E-state index contributed by atoms with van der Waals surface area (Å²) in [5.74, 6) is -4.24. The molecular weight excluding hydrogens is 446 g/mol. The van der Waals surface area contributed by atoms with Crippen LogP contribution >= 0.6 is 0 Å². The monoisotopic (exact) mass is 477 g/mol. The number of pyridine rings is 1. The normalized spacial score (nSPS) is 44.9. The highest BCUT2D eigenvalue weighted by molar-refractivity contribution is 6.05. The van der Waals surface area contributed by atoms with E-state index in [1.807, 2.05) is 6.07 Å². The first kappa shape index (κ1) is 22.8. The number of carbonyl (C=O) groups is 2. The molecule has 2 aliphatic heterocycles. The van der Waals surface area contributed by atoms with Gasteiger partial charge in [-0.3, -0.25) is 9.78 Å². The van der Waals surface area contributed by atoms with Crippen LogP contribution in [0.5, 0.6) is 0 Å². The molecule has 0 unspecified atom stereocenters. The van der Waals surface area contributed by atoms with Crippen LogP contribution < -0.4 is 0 Å². The second-order valence-electron chi connectivity index (χ2n) is 11.5. The van der Waals surface area contributed by atoms with Gasteiger partial charge in [0.05, 0.1) is 12.3 Å². The molecule has 4 aliphatic carbocycles. The Bertz CT molecular complexity index is 1170. The first-order valence-corrected chi connectivity index (χ1v) is 12.3. The highest BCUT2D eigenvalue weighted by Crippen LogP contribution is 2.75. The molecule has 7 heteroatoms. The number of rotatable bonds is 3. The quantitative estimate of drug-likeness (QED) is 0.392. The molecule has 4 bridgehead atoms. The molecule has 0 radical (unpaired) electrons. The fourth-order valence-corrected chi connectivity index (χ4v) is 8.34. The van der Waals surface area contributed by atoms with E-state index in [0.29, 0.717) is 24.1 Å². The van der Waals surface area contributed by atoms with E-state index in [-0.39, 0.29) is 29.6 Å². The van der Waals surface area contributed by atoms with Gasteiger partial charge in [-0.05, 0) is 54.4 Å². The van der Waals surface area contributed by atoms with Crippen LogP contribution in [0.25, 0.3) is 6.08 Å². The number of aliphatic hydroxyl groups is 2. The zero-order valence-electron chi connectivity index (χ0n) is 20.0. The molecule has 0 amide bonds. The van der Waals surface area contributed by atoms with Crippen molar-refractivity contribution in [2.24, 2.45) is 34.0 Å². The van der Waals surface area contributed by atoms with Crippen LogP contribution in [0.1, 0.15) is 38.8 Å². The number of Topliss-reactive ketones (excluding diaryl/α,β-unsaturated/α-hetero) is 1. The van der Waals surface area contributed by atoms with Crippen molar-refractivity contribution in [1.29, 1.82) is 0 Å². The predicted octanol–water partition coefficient (Wildman–Crippen LogP) is 2.84. The van der Waals surface area contributed by atoms with Crippen molar-refractivity contribution < 1.29 is 29.3 Å². The van der Waals surface area contributed by atoms with Gasteiger partial charge >= 0.3 is 5.97 Å². The van der Waals surface area contributed by atoms with E-state index in [1.54, 1.807) is 24.4 Å². The molecule has 2 N–H and O–H groups in total. The van der Waals surface area contributed by atoms with Gasteiger partial charge in [0.15, 0.2) is 5.78 Å². The van der Waals surface area contributed by atoms with Gasteiger partial charge in [-0.15, -0.1) is 0 Å². The molecule has 3 heterocycles. The van der Waals surface area contributed by atoms with E-state index in [9.17, 15) is 19.8 Å². The minimum Gasteiger partial charge on any atom is -0.457 e. The van der Waals surface area contributed by atoms with Gasteiger partial charge in [-0.1, -0.05) is 38.6 Å². The highest BCUT2D eigenvalue weighted by atomic mass is 16.6. The lowest BCUT2D eigenvalue weighted by Crippen LogP contribution is -2.83. The number of fused-ring (bicyclic) bond motifs is 2. The number of hydrogen-bond donors (Lipinski definition) is 2. The summed E-state index contributed by atoms with van der Waals surface area (Å²) in [7, 11) is 0. The van der Waals surface area contributed by atoms with E-state index < -0.39 is 40.7 Å². The minimum absolute atomic E-state index is 0.211. The number of hydrogen-bond acceptors (Lipinski definition) is 7. The van der Waals surface area contributed by atoms with Crippen molar-refractivity contribution in [3.8, 4) is 0 Å². The molecule has 184 valence electrons. The van der Waals surface area contributed by atoms with Crippen LogP contribution in [-0.2, 0) is 19.1 Å². The number of aromatic nitrogens is 1. The molecule has 2 spiro atoms. The Morgan fingerprint density at radius 3 is 2.86 bits per heavy atom. The number of allylic oxidation sites excluding steroid dienone is 1. The number of esters is 1. The first-order valence-electron chi connectivity index (χ1n) is 12.3. The Hall–Kier alpha value is -2.61.